The summed E-state index contributed by atoms with van der Waals surface area (Å²) < 4.78 is 0. The molecule has 2 aromatic rings. The second-order valence-corrected chi connectivity index (χ2v) is 5.80. The number of aryl methyl sites for hydroxylation is 3. The molecular formula is C16H21ClN2O. The van der Waals surface area contributed by atoms with Crippen molar-refractivity contribution < 1.29 is 5.11 Å². The Kier molecular flexibility index (Phi) is 5.66. The fraction of sp³-hybridized carbons (Fsp3) is 0.375. The zero-order valence-corrected chi connectivity index (χ0v) is 13.4. The summed E-state index contributed by atoms with van der Waals surface area (Å²) in [6, 6.07) is 3.84. The van der Waals surface area contributed by atoms with Crippen molar-refractivity contribution in [2.24, 2.45) is 0 Å². The number of hydrogen-bond acceptors (Lipinski definition) is 3. The van der Waals surface area contributed by atoms with E-state index in [-0.39, 0.29) is 0 Å². The van der Waals surface area contributed by atoms with E-state index in [1.165, 1.54) is 0 Å². The molecule has 4 heteroatoms. The van der Waals surface area contributed by atoms with Gasteiger partial charge in [0.25, 0.3) is 0 Å². The van der Waals surface area contributed by atoms with Gasteiger partial charge in [-0.2, -0.15) is 0 Å². The Morgan fingerprint density at radius 2 is 1.70 bits per heavy atom. The molecule has 0 saturated carbocycles. The van der Waals surface area contributed by atoms with E-state index < -0.39 is 5.60 Å². The van der Waals surface area contributed by atoms with E-state index in [1.54, 1.807) is 32.4 Å². The largest absolute Gasteiger partial charge is 0.386 e. The van der Waals surface area contributed by atoms with Crippen LogP contribution in [0.15, 0.2) is 30.7 Å². The number of pyridine rings is 2. The molecule has 20 heavy (non-hydrogen) atoms. The molecule has 0 aliphatic heterocycles. The van der Waals surface area contributed by atoms with E-state index in [1.807, 2.05) is 32.9 Å². The van der Waals surface area contributed by atoms with Crippen molar-refractivity contribution in [3.63, 3.8) is 0 Å². The third kappa shape index (κ3) is 5.27. The Bertz CT molecular complexity index is 560. The van der Waals surface area contributed by atoms with Gasteiger partial charge in [0.15, 0.2) is 0 Å². The lowest BCUT2D eigenvalue weighted by Gasteiger charge is -2.17. The number of hydrogen-bond donors (Lipinski definition) is 1. The minimum absolute atomic E-state index is 0.699. The van der Waals surface area contributed by atoms with Crippen LogP contribution in [0.25, 0.3) is 0 Å². The summed E-state index contributed by atoms with van der Waals surface area (Å²) >= 11 is 5.58. The normalized spacial score (nSPS) is 10.8. The van der Waals surface area contributed by atoms with Crippen LogP contribution in [-0.2, 0) is 5.60 Å². The van der Waals surface area contributed by atoms with Crippen LogP contribution in [0.1, 0.15) is 36.2 Å². The summed E-state index contributed by atoms with van der Waals surface area (Å²) in [5.41, 5.74) is 3.31. The molecule has 0 aromatic carbocycles. The topological polar surface area (TPSA) is 46.0 Å². The van der Waals surface area contributed by atoms with Crippen LogP contribution in [0, 0.1) is 20.8 Å². The third-order valence-electron chi connectivity index (χ3n) is 2.89. The van der Waals surface area contributed by atoms with Crippen molar-refractivity contribution in [2.45, 2.75) is 40.2 Å². The molecule has 0 radical (unpaired) electrons. The van der Waals surface area contributed by atoms with Gasteiger partial charge in [-0.05, 0) is 57.9 Å². The van der Waals surface area contributed by atoms with E-state index in [9.17, 15) is 5.11 Å². The molecule has 0 saturated heterocycles. The summed E-state index contributed by atoms with van der Waals surface area (Å²) in [6.45, 7) is 9.44. The van der Waals surface area contributed by atoms with Crippen molar-refractivity contribution >= 4 is 11.6 Å². The molecular weight excluding hydrogens is 272 g/mol. The lowest BCUT2D eigenvalue weighted by Crippen LogP contribution is -2.16. The highest BCUT2D eigenvalue weighted by molar-refractivity contribution is 6.30. The Balaban J connectivity index is 0.000000217. The van der Waals surface area contributed by atoms with Crippen LogP contribution >= 0.6 is 11.6 Å². The minimum Gasteiger partial charge on any atom is -0.386 e. The van der Waals surface area contributed by atoms with E-state index in [2.05, 4.69) is 9.97 Å². The fourth-order valence-electron chi connectivity index (χ4n) is 1.50. The maximum absolute atomic E-state index is 9.66. The molecule has 3 nitrogen and oxygen atoms in total. The monoisotopic (exact) mass is 292 g/mol. The first kappa shape index (κ1) is 16.6. The molecule has 0 aliphatic carbocycles. The molecule has 108 valence electrons. The number of aromatic nitrogens is 2. The standard InChI is InChI=1S/C10H15NO.C6H6ClN/c1-7-5-9(10(3,4)12)6-11-8(7)2;1-5-2-6(7)4-8-3-5/h5-6,12H,1-4H3;2-4H,1H3. The lowest BCUT2D eigenvalue weighted by molar-refractivity contribution is 0.0781. The molecule has 0 atom stereocenters. The molecule has 0 spiro atoms. The van der Waals surface area contributed by atoms with Crippen molar-refractivity contribution in [1.82, 2.24) is 9.97 Å². The summed E-state index contributed by atoms with van der Waals surface area (Å²) in [5, 5.41) is 10.4. The molecule has 2 aromatic heterocycles. The Morgan fingerprint density at radius 1 is 1.05 bits per heavy atom. The van der Waals surface area contributed by atoms with Gasteiger partial charge < -0.3 is 5.11 Å². The van der Waals surface area contributed by atoms with Crippen LogP contribution in [0.5, 0.6) is 0 Å². The molecule has 0 unspecified atom stereocenters. The van der Waals surface area contributed by atoms with Crippen molar-refractivity contribution in [3.8, 4) is 0 Å². The zero-order chi connectivity index (χ0) is 15.3. The van der Waals surface area contributed by atoms with Crippen molar-refractivity contribution in [2.75, 3.05) is 0 Å². The van der Waals surface area contributed by atoms with E-state index in [4.69, 9.17) is 11.6 Å². The van der Waals surface area contributed by atoms with E-state index >= 15 is 0 Å². The maximum Gasteiger partial charge on any atom is 0.0855 e. The van der Waals surface area contributed by atoms with Crippen LogP contribution in [0.2, 0.25) is 5.02 Å². The highest BCUT2D eigenvalue weighted by atomic mass is 35.5. The van der Waals surface area contributed by atoms with Gasteiger partial charge in [0.1, 0.15) is 0 Å². The molecule has 0 amide bonds. The predicted octanol–water partition coefficient (Wildman–Crippen LogP) is 3.97. The SMILES string of the molecule is Cc1cc(C(C)(C)O)cnc1C.Cc1cncc(Cl)c1. The summed E-state index contributed by atoms with van der Waals surface area (Å²) in [4.78, 5) is 8.04. The Hall–Kier alpha value is -1.45. The molecule has 0 fully saturated rings. The average molecular weight is 293 g/mol. The Labute approximate surface area is 125 Å². The lowest BCUT2D eigenvalue weighted by atomic mass is 9.98. The first-order valence-corrected chi connectivity index (χ1v) is 6.81. The Morgan fingerprint density at radius 3 is 2.10 bits per heavy atom. The zero-order valence-electron chi connectivity index (χ0n) is 12.6. The fourth-order valence-corrected chi connectivity index (χ4v) is 1.72. The van der Waals surface area contributed by atoms with Crippen molar-refractivity contribution in [3.05, 3.63) is 58.1 Å². The van der Waals surface area contributed by atoms with Gasteiger partial charge in [0.2, 0.25) is 0 Å². The number of rotatable bonds is 1. The van der Waals surface area contributed by atoms with Crippen LogP contribution < -0.4 is 0 Å². The number of halogens is 1. The molecule has 1 N–H and O–H groups in total. The quantitative estimate of drug-likeness (QED) is 0.865. The molecule has 0 bridgehead atoms. The highest BCUT2D eigenvalue weighted by Crippen LogP contribution is 2.20. The van der Waals surface area contributed by atoms with Crippen LogP contribution in [0.3, 0.4) is 0 Å². The third-order valence-corrected chi connectivity index (χ3v) is 3.09. The first-order valence-electron chi connectivity index (χ1n) is 6.43. The van der Waals surface area contributed by atoms with Crippen molar-refractivity contribution in [1.29, 1.82) is 0 Å². The first-order chi connectivity index (χ1) is 9.20. The predicted molar refractivity (Wildman–Crippen MR) is 82.9 cm³/mol. The summed E-state index contributed by atoms with van der Waals surface area (Å²) in [6.07, 6.45) is 5.11. The van der Waals surface area contributed by atoms with Gasteiger partial charge in [0.05, 0.1) is 10.6 Å². The van der Waals surface area contributed by atoms with E-state index in [0.717, 1.165) is 22.4 Å². The van der Waals surface area contributed by atoms with Crippen LogP contribution in [-0.4, -0.2) is 15.1 Å². The highest BCUT2D eigenvalue weighted by Gasteiger charge is 2.16. The maximum atomic E-state index is 9.66. The van der Waals surface area contributed by atoms with E-state index in [0.29, 0.717) is 5.02 Å². The summed E-state index contributed by atoms with van der Waals surface area (Å²) in [7, 11) is 0. The van der Waals surface area contributed by atoms with Gasteiger partial charge in [-0.15, -0.1) is 0 Å². The molecule has 0 aliphatic rings. The molecule has 2 heterocycles. The summed E-state index contributed by atoms with van der Waals surface area (Å²) in [5.74, 6) is 0. The van der Waals surface area contributed by atoms with Gasteiger partial charge in [-0.25, -0.2) is 0 Å². The van der Waals surface area contributed by atoms with Crippen LogP contribution in [0.4, 0.5) is 0 Å². The van der Waals surface area contributed by atoms with Gasteiger partial charge in [0, 0.05) is 29.8 Å². The number of nitrogens with zero attached hydrogens (tertiary/aromatic N) is 2. The second kappa shape index (κ2) is 6.82. The average Bonchev–Trinajstić information content (AvgIpc) is 2.32. The van der Waals surface area contributed by atoms with Gasteiger partial charge >= 0.3 is 0 Å². The minimum atomic E-state index is -0.786. The smallest absolute Gasteiger partial charge is 0.0855 e. The number of aliphatic hydroxyl groups is 1. The molecule has 2 rings (SSSR count). The van der Waals surface area contributed by atoms with Gasteiger partial charge in [-0.1, -0.05) is 11.6 Å². The van der Waals surface area contributed by atoms with Gasteiger partial charge in [-0.3, -0.25) is 9.97 Å². The second-order valence-electron chi connectivity index (χ2n) is 5.37.